The van der Waals surface area contributed by atoms with Gasteiger partial charge in [-0.2, -0.15) is 0 Å². The Labute approximate surface area is 138 Å². The van der Waals surface area contributed by atoms with Crippen LogP contribution in [0.5, 0.6) is 17.2 Å². The Hall–Kier alpha value is -3.09. The number of carboxylic acid groups (broad SMARTS) is 2. The van der Waals surface area contributed by atoms with E-state index in [4.69, 9.17) is 15.3 Å². The van der Waals surface area contributed by atoms with Crippen LogP contribution in [0.2, 0.25) is 0 Å². The van der Waals surface area contributed by atoms with E-state index in [1.165, 1.54) is 0 Å². The highest BCUT2D eigenvalue weighted by molar-refractivity contribution is 5.91. The number of aliphatic carboxylic acids is 2. The Morgan fingerprint density at radius 3 is 1.68 bits per heavy atom. The summed E-state index contributed by atoms with van der Waals surface area (Å²) in [7, 11) is 0. The molecule has 12 nitrogen and oxygen atoms in total. The largest absolute Gasteiger partial charge is 0.504 e. The lowest BCUT2D eigenvalue weighted by molar-refractivity contribution is -0.173. The van der Waals surface area contributed by atoms with Gasteiger partial charge in [-0.05, 0) is 12.1 Å². The molecule has 0 fully saturated rings. The Kier molecular flexibility index (Phi) is 6.11. The number of rotatable bonds is 7. The lowest BCUT2D eigenvalue weighted by atomic mass is 10.0. The van der Waals surface area contributed by atoms with Crippen LogP contribution in [0.15, 0.2) is 12.1 Å². The highest BCUT2D eigenvalue weighted by atomic mass is 16.6. The first kappa shape index (κ1) is 20.0. The van der Waals surface area contributed by atoms with Crippen LogP contribution in [-0.4, -0.2) is 83.2 Å². The zero-order valence-corrected chi connectivity index (χ0v) is 12.2. The molecule has 1 rings (SSSR count). The van der Waals surface area contributed by atoms with Crippen molar-refractivity contribution < 1.29 is 60.0 Å². The Bertz CT molecular complexity index is 661. The van der Waals surface area contributed by atoms with Gasteiger partial charge in [-0.15, -0.1) is 0 Å². The van der Waals surface area contributed by atoms with Gasteiger partial charge in [0.05, 0.1) is 5.56 Å². The lowest BCUT2D eigenvalue weighted by Crippen LogP contribution is -2.52. The molecule has 0 heterocycles. The van der Waals surface area contributed by atoms with Gasteiger partial charge < -0.3 is 45.6 Å². The molecule has 0 saturated heterocycles. The maximum Gasteiger partial charge on any atom is 0.338 e. The van der Waals surface area contributed by atoms with Crippen molar-refractivity contribution in [1.82, 2.24) is 0 Å². The van der Waals surface area contributed by atoms with Crippen molar-refractivity contribution in [3.05, 3.63) is 17.7 Å². The van der Waals surface area contributed by atoms with Crippen LogP contribution in [0.3, 0.4) is 0 Å². The van der Waals surface area contributed by atoms with Crippen LogP contribution in [0.25, 0.3) is 0 Å². The van der Waals surface area contributed by atoms with Crippen LogP contribution in [-0.2, 0) is 14.3 Å². The van der Waals surface area contributed by atoms with Crippen molar-refractivity contribution in [2.75, 3.05) is 0 Å². The zero-order valence-electron chi connectivity index (χ0n) is 12.2. The first-order valence-electron chi connectivity index (χ1n) is 6.43. The number of benzene rings is 1. The van der Waals surface area contributed by atoms with Gasteiger partial charge in [0.25, 0.3) is 0 Å². The fraction of sp³-hybridized carbons (Fsp3) is 0.308. The van der Waals surface area contributed by atoms with Gasteiger partial charge in [-0.1, -0.05) is 0 Å². The molecule has 4 atom stereocenters. The topological polar surface area (TPSA) is 222 Å². The van der Waals surface area contributed by atoms with Crippen LogP contribution in [0.4, 0.5) is 0 Å². The molecule has 0 aliphatic heterocycles. The summed E-state index contributed by atoms with van der Waals surface area (Å²) in [6.45, 7) is 0. The maximum atomic E-state index is 11.9. The average Bonchev–Trinajstić information content (AvgIpc) is 2.54. The molecule has 0 aliphatic carbocycles. The van der Waals surface area contributed by atoms with E-state index in [2.05, 4.69) is 4.74 Å². The number of aliphatic hydroxyl groups excluding tert-OH is 3. The van der Waals surface area contributed by atoms with E-state index >= 15 is 0 Å². The molecule has 0 amide bonds. The molecule has 8 N–H and O–H groups in total. The summed E-state index contributed by atoms with van der Waals surface area (Å²) < 4.78 is 4.50. The zero-order chi connectivity index (χ0) is 19.5. The van der Waals surface area contributed by atoms with E-state index in [0.717, 1.165) is 0 Å². The second-order valence-corrected chi connectivity index (χ2v) is 4.79. The van der Waals surface area contributed by atoms with Gasteiger partial charge in [0.15, 0.2) is 35.6 Å². The summed E-state index contributed by atoms with van der Waals surface area (Å²) in [5.74, 6) is -8.31. The molecule has 0 spiro atoms. The van der Waals surface area contributed by atoms with Crippen LogP contribution < -0.4 is 0 Å². The van der Waals surface area contributed by atoms with E-state index in [9.17, 15) is 39.9 Å². The van der Waals surface area contributed by atoms with E-state index in [1.807, 2.05) is 0 Å². The number of hydrogen-bond acceptors (Lipinski definition) is 10. The van der Waals surface area contributed by atoms with Crippen LogP contribution in [0.1, 0.15) is 10.4 Å². The Morgan fingerprint density at radius 1 is 0.840 bits per heavy atom. The smallest absolute Gasteiger partial charge is 0.338 e. The minimum atomic E-state index is -2.60. The number of hydrogen-bond donors (Lipinski definition) is 8. The number of carbonyl (C=O) groups is 3. The normalized spacial score (nSPS) is 15.6. The summed E-state index contributed by atoms with van der Waals surface area (Å²) >= 11 is 0. The van der Waals surface area contributed by atoms with Gasteiger partial charge in [0.2, 0.25) is 0 Å². The minimum Gasteiger partial charge on any atom is -0.504 e. The van der Waals surface area contributed by atoms with Gasteiger partial charge in [0, 0.05) is 0 Å². The molecule has 25 heavy (non-hydrogen) atoms. The number of ether oxygens (including phenoxy) is 1. The third-order valence-corrected chi connectivity index (χ3v) is 3.03. The number of carboxylic acids is 2. The molecule has 138 valence electrons. The number of phenols is 3. The Morgan fingerprint density at radius 2 is 1.28 bits per heavy atom. The number of esters is 1. The van der Waals surface area contributed by atoms with Gasteiger partial charge in [0.1, 0.15) is 6.10 Å². The summed E-state index contributed by atoms with van der Waals surface area (Å²) in [4.78, 5) is 33.4. The van der Waals surface area contributed by atoms with Crippen molar-refractivity contribution in [1.29, 1.82) is 0 Å². The first-order chi connectivity index (χ1) is 11.5. The monoisotopic (exact) mass is 362 g/mol. The number of carbonyl (C=O) groups excluding carboxylic acids is 1. The number of phenolic OH excluding ortho intramolecular Hbond substituents is 3. The fourth-order valence-electron chi connectivity index (χ4n) is 1.70. The SMILES string of the molecule is O=C(OC(C(O)C(=O)O)C(O)C(O)C(=O)O)c1cc(O)c(O)c(O)c1. The van der Waals surface area contributed by atoms with Gasteiger partial charge in [-0.25, -0.2) is 14.4 Å². The van der Waals surface area contributed by atoms with Crippen LogP contribution >= 0.6 is 0 Å². The maximum absolute atomic E-state index is 11.9. The minimum absolute atomic E-state index is 0.613. The molecular weight excluding hydrogens is 348 g/mol. The van der Waals surface area contributed by atoms with Gasteiger partial charge in [-0.3, -0.25) is 0 Å². The quantitative estimate of drug-likeness (QED) is 0.187. The fourth-order valence-corrected chi connectivity index (χ4v) is 1.70. The van der Waals surface area contributed by atoms with E-state index in [0.29, 0.717) is 12.1 Å². The molecule has 0 aliphatic rings. The molecule has 0 radical (unpaired) electrons. The second-order valence-electron chi connectivity index (χ2n) is 4.79. The van der Waals surface area contributed by atoms with Crippen molar-refractivity contribution >= 4 is 17.9 Å². The van der Waals surface area contributed by atoms with Crippen molar-refractivity contribution in [3.8, 4) is 17.2 Å². The second kappa shape index (κ2) is 7.65. The molecule has 1 aromatic rings. The summed E-state index contributed by atoms with van der Waals surface area (Å²) in [6.07, 6.45) is -10.1. The van der Waals surface area contributed by atoms with Crippen molar-refractivity contribution in [2.24, 2.45) is 0 Å². The summed E-state index contributed by atoms with van der Waals surface area (Å²) in [5, 5.41) is 73.5. The molecule has 4 unspecified atom stereocenters. The third kappa shape index (κ3) is 4.47. The lowest BCUT2D eigenvalue weighted by Gasteiger charge is -2.26. The standard InChI is InChI=1S/C13H14O12/c14-4-1-3(2-5(15)6(4)16)13(24)25-10(9(19)12(22)23)7(17)8(18)11(20)21/h1-2,7-10,14-19H,(H,20,21)(H,22,23). The highest BCUT2D eigenvalue weighted by Crippen LogP contribution is 2.35. The molecule has 0 bridgehead atoms. The molecule has 0 aromatic heterocycles. The van der Waals surface area contributed by atoms with E-state index < -0.39 is 65.1 Å². The predicted molar refractivity (Wildman–Crippen MR) is 73.9 cm³/mol. The van der Waals surface area contributed by atoms with E-state index in [-0.39, 0.29) is 0 Å². The summed E-state index contributed by atoms with van der Waals surface area (Å²) in [5.41, 5.74) is -0.632. The molecule has 1 aromatic carbocycles. The molecule has 12 heteroatoms. The average molecular weight is 362 g/mol. The third-order valence-electron chi connectivity index (χ3n) is 3.03. The van der Waals surface area contributed by atoms with Crippen LogP contribution in [0, 0.1) is 0 Å². The highest BCUT2D eigenvalue weighted by Gasteiger charge is 2.41. The predicted octanol–water partition coefficient (Wildman–Crippen LogP) is -2.42. The van der Waals surface area contributed by atoms with Crippen molar-refractivity contribution in [2.45, 2.75) is 24.4 Å². The van der Waals surface area contributed by atoms with Gasteiger partial charge >= 0.3 is 17.9 Å². The molecule has 0 saturated carbocycles. The Balaban J connectivity index is 3.14. The van der Waals surface area contributed by atoms with E-state index in [1.54, 1.807) is 0 Å². The molecular formula is C13H14O12. The number of aromatic hydroxyl groups is 3. The van der Waals surface area contributed by atoms with Crippen molar-refractivity contribution in [3.63, 3.8) is 0 Å². The number of aliphatic hydroxyl groups is 3. The summed E-state index contributed by atoms with van der Waals surface area (Å²) in [6, 6.07) is 1.23. The first-order valence-corrected chi connectivity index (χ1v) is 6.43.